The second-order valence-corrected chi connectivity index (χ2v) is 5.92. The first-order valence-corrected chi connectivity index (χ1v) is 7.61. The lowest BCUT2D eigenvalue weighted by atomic mass is 9.98. The van der Waals surface area contributed by atoms with Gasteiger partial charge in [-0.3, -0.25) is 0 Å². The van der Waals surface area contributed by atoms with Gasteiger partial charge in [-0.25, -0.2) is 0 Å². The van der Waals surface area contributed by atoms with Gasteiger partial charge in [-0.05, 0) is 0 Å². The van der Waals surface area contributed by atoms with Gasteiger partial charge in [0.05, 0.1) is 25.1 Å². The lowest BCUT2D eigenvalue weighted by Gasteiger charge is -2.43. The van der Waals surface area contributed by atoms with Gasteiger partial charge in [0.1, 0.15) is 36.6 Å². The zero-order chi connectivity index (χ0) is 17.4. The third-order valence-electron chi connectivity index (χ3n) is 4.14. The first-order valence-electron chi connectivity index (χ1n) is 7.08. The Kier molecular flexibility index (Phi) is 6.20. The van der Waals surface area contributed by atoms with E-state index in [4.69, 9.17) is 36.7 Å². The van der Waals surface area contributed by atoms with Gasteiger partial charge in [-0.15, -0.1) is 11.6 Å². The van der Waals surface area contributed by atoms with Crippen LogP contribution in [0.15, 0.2) is 0 Å². The third kappa shape index (κ3) is 3.34. The van der Waals surface area contributed by atoms with Crippen molar-refractivity contribution >= 4 is 11.6 Å². The number of aliphatic hydroxyl groups is 6. The minimum Gasteiger partial charge on any atom is -0.394 e. The molecule has 0 spiro atoms. The Morgan fingerprint density at radius 3 is 2.13 bits per heavy atom. The number of aliphatic hydroxyl groups excluding tert-OH is 6. The molecular formula is C12H22ClNO9. The first-order chi connectivity index (χ1) is 10.8. The fourth-order valence-corrected chi connectivity index (χ4v) is 2.91. The summed E-state index contributed by atoms with van der Waals surface area (Å²) in [5, 5.41) is 58.1. The first kappa shape index (κ1) is 19.2. The van der Waals surface area contributed by atoms with Crippen molar-refractivity contribution in [2.24, 2.45) is 5.73 Å². The minimum absolute atomic E-state index is 0.116. The molecule has 0 bridgehead atoms. The quantitative estimate of drug-likeness (QED) is 0.238. The Hall–Kier alpha value is -0.110. The Labute approximate surface area is 136 Å². The average molecular weight is 360 g/mol. The molecule has 136 valence electrons. The van der Waals surface area contributed by atoms with Crippen LogP contribution in [-0.4, -0.2) is 104 Å². The largest absolute Gasteiger partial charge is 0.394 e. The highest BCUT2D eigenvalue weighted by Crippen LogP contribution is 2.35. The standard InChI is InChI=1S/C12H22ClNO9/c13-1-4-7(18)10(14)12(3-16,22-4)23-11-9(20)8(19)6(17)5(2-15)21-11/h4-11,15-20H,1-3,14H2/t4-,5-,6-,7-,8+,9-,10+,11-,12+/m1/s1. The second kappa shape index (κ2) is 7.42. The number of hydrogen-bond donors (Lipinski definition) is 7. The van der Waals surface area contributed by atoms with Crippen molar-refractivity contribution < 1.29 is 44.8 Å². The van der Waals surface area contributed by atoms with E-state index >= 15 is 0 Å². The number of rotatable bonds is 5. The Bertz CT molecular complexity index is 403. The molecule has 9 atom stereocenters. The van der Waals surface area contributed by atoms with Crippen LogP contribution >= 0.6 is 11.6 Å². The summed E-state index contributed by atoms with van der Waals surface area (Å²) in [4.78, 5) is 0. The monoisotopic (exact) mass is 359 g/mol. The summed E-state index contributed by atoms with van der Waals surface area (Å²) in [6.45, 7) is -1.43. The molecule has 2 heterocycles. The van der Waals surface area contributed by atoms with Crippen LogP contribution in [0, 0.1) is 0 Å². The van der Waals surface area contributed by atoms with Crippen molar-refractivity contribution in [2.45, 2.75) is 54.7 Å². The SMILES string of the molecule is N[C@H]1[C@H](O)[C@@H](CCl)O[C@@]1(CO)O[C@H]1O[C@H](CO)[C@@H](O)[C@H](O)[C@H]1O. The molecule has 0 unspecified atom stereocenters. The molecule has 0 amide bonds. The fraction of sp³-hybridized carbons (Fsp3) is 1.00. The average Bonchev–Trinajstić information content (AvgIpc) is 2.80. The molecule has 0 aliphatic carbocycles. The van der Waals surface area contributed by atoms with E-state index in [0.29, 0.717) is 0 Å². The molecular weight excluding hydrogens is 338 g/mol. The van der Waals surface area contributed by atoms with Crippen molar-refractivity contribution in [3.05, 3.63) is 0 Å². The van der Waals surface area contributed by atoms with Crippen molar-refractivity contribution in [1.82, 2.24) is 0 Å². The van der Waals surface area contributed by atoms with Crippen molar-refractivity contribution in [3.63, 3.8) is 0 Å². The van der Waals surface area contributed by atoms with Crippen LogP contribution in [-0.2, 0) is 14.2 Å². The summed E-state index contributed by atoms with van der Waals surface area (Å²) in [6.07, 6.45) is -9.81. The van der Waals surface area contributed by atoms with Crippen LogP contribution in [0.2, 0.25) is 0 Å². The molecule has 0 saturated carbocycles. The molecule has 2 saturated heterocycles. The highest BCUT2D eigenvalue weighted by Gasteiger charge is 2.57. The van der Waals surface area contributed by atoms with Crippen LogP contribution < -0.4 is 5.73 Å². The summed E-state index contributed by atoms with van der Waals surface area (Å²) in [6, 6.07) is -1.20. The van der Waals surface area contributed by atoms with Gasteiger partial charge >= 0.3 is 0 Å². The molecule has 8 N–H and O–H groups in total. The summed E-state index contributed by atoms with van der Waals surface area (Å²) in [7, 11) is 0. The van der Waals surface area contributed by atoms with Gasteiger partial charge in [0.15, 0.2) is 6.29 Å². The molecule has 0 radical (unpaired) electrons. The predicted octanol–water partition coefficient (Wildman–Crippen LogP) is -4.18. The Morgan fingerprint density at radius 1 is 1.00 bits per heavy atom. The van der Waals surface area contributed by atoms with Gasteiger partial charge in [0.25, 0.3) is 0 Å². The van der Waals surface area contributed by atoms with E-state index in [2.05, 4.69) is 0 Å². The van der Waals surface area contributed by atoms with Crippen LogP contribution in [0.25, 0.3) is 0 Å². The normalized spacial score (nSPS) is 51.1. The van der Waals surface area contributed by atoms with Crippen LogP contribution in [0.4, 0.5) is 0 Å². The van der Waals surface area contributed by atoms with E-state index in [0.717, 1.165) is 0 Å². The Balaban J connectivity index is 2.18. The van der Waals surface area contributed by atoms with Crippen molar-refractivity contribution in [2.75, 3.05) is 19.1 Å². The van der Waals surface area contributed by atoms with Crippen molar-refractivity contribution in [1.29, 1.82) is 0 Å². The molecule has 23 heavy (non-hydrogen) atoms. The maximum atomic E-state index is 9.96. The lowest BCUT2D eigenvalue weighted by molar-refractivity contribution is -0.372. The maximum Gasteiger partial charge on any atom is 0.212 e. The molecule has 10 nitrogen and oxygen atoms in total. The van der Waals surface area contributed by atoms with E-state index in [1.165, 1.54) is 0 Å². The number of nitrogens with two attached hydrogens (primary N) is 1. The smallest absolute Gasteiger partial charge is 0.212 e. The van der Waals surface area contributed by atoms with Gasteiger partial charge in [0.2, 0.25) is 5.79 Å². The van der Waals surface area contributed by atoms with E-state index in [-0.39, 0.29) is 5.88 Å². The third-order valence-corrected chi connectivity index (χ3v) is 4.45. The van der Waals surface area contributed by atoms with E-state index in [1.807, 2.05) is 0 Å². The van der Waals surface area contributed by atoms with E-state index in [1.54, 1.807) is 0 Å². The van der Waals surface area contributed by atoms with Gasteiger partial charge in [0, 0.05) is 0 Å². The molecule has 2 rings (SSSR count). The van der Waals surface area contributed by atoms with Crippen molar-refractivity contribution in [3.8, 4) is 0 Å². The fourth-order valence-electron chi connectivity index (χ4n) is 2.67. The van der Waals surface area contributed by atoms with Crippen LogP contribution in [0.1, 0.15) is 0 Å². The molecule has 2 aliphatic rings. The molecule has 2 aliphatic heterocycles. The van der Waals surface area contributed by atoms with Gasteiger partial charge in [-0.2, -0.15) is 0 Å². The lowest BCUT2D eigenvalue weighted by Crippen LogP contribution is -2.63. The second-order valence-electron chi connectivity index (χ2n) is 5.61. The maximum absolute atomic E-state index is 9.96. The molecule has 0 aromatic rings. The van der Waals surface area contributed by atoms with Gasteiger partial charge < -0.3 is 50.6 Å². The van der Waals surface area contributed by atoms with E-state index in [9.17, 15) is 25.5 Å². The highest BCUT2D eigenvalue weighted by atomic mass is 35.5. The zero-order valence-corrected chi connectivity index (χ0v) is 12.9. The molecule has 11 heteroatoms. The molecule has 0 aromatic carbocycles. The Morgan fingerprint density at radius 2 is 1.65 bits per heavy atom. The molecule has 0 aromatic heterocycles. The predicted molar refractivity (Wildman–Crippen MR) is 74.2 cm³/mol. The number of ether oxygens (including phenoxy) is 3. The van der Waals surface area contributed by atoms with Crippen LogP contribution in [0.5, 0.6) is 0 Å². The minimum atomic E-state index is -1.92. The summed E-state index contributed by atoms with van der Waals surface area (Å²) in [5.41, 5.74) is 5.81. The number of halogens is 1. The number of hydrogen-bond acceptors (Lipinski definition) is 10. The summed E-state index contributed by atoms with van der Waals surface area (Å²) in [5.74, 6) is -2.04. The zero-order valence-electron chi connectivity index (χ0n) is 12.1. The summed E-state index contributed by atoms with van der Waals surface area (Å²) >= 11 is 5.65. The topological polar surface area (TPSA) is 175 Å². The number of alkyl halides is 1. The van der Waals surface area contributed by atoms with Crippen LogP contribution in [0.3, 0.4) is 0 Å². The van der Waals surface area contributed by atoms with E-state index < -0.39 is 68.0 Å². The highest BCUT2D eigenvalue weighted by molar-refractivity contribution is 6.18. The summed E-state index contributed by atoms with van der Waals surface area (Å²) < 4.78 is 16.0. The molecule has 2 fully saturated rings. The van der Waals surface area contributed by atoms with Gasteiger partial charge in [-0.1, -0.05) is 0 Å².